The zero-order chi connectivity index (χ0) is 16.9. The highest BCUT2D eigenvalue weighted by Gasteiger charge is 2.34. The second-order valence-electron chi connectivity index (χ2n) is 5.36. The summed E-state index contributed by atoms with van der Waals surface area (Å²) >= 11 is 0. The first-order valence-corrected chi connectivity index (χ1v) is 7.63. The van der Waals surface area contributed by atoms with Gasteiger partial charge in [0.25, 0.3) is 0 Å². The molecule has 0 saturated heterocycles. The highest BCUT2D eigenvalue weighted by atomic mass is 19.4. The van der Waals surface area contributed by atoms with Crippen LogP contribution in [-0.2, 0) is 6.18 Å². The molecular weight excluding hydrogens is 287 g/mol. The molecule has 4 heteroatoms. The van der Waals surface area contributed by atoms with Crippen LogP contribution in [0.25, 0.3) is 5.57 Å². The summed E-state index contributed by atoms with van der Waals surface area (Å²) in [4.78, 5) is 0. The Bertz CT molecular complexity index is 604. The van der Waals surface area contributed by atoms with E-state index in [2.05, 4.69) is 13.8 Å². The molecule has 0 bridgehead atoms. The van der Waals surface area contributed by atoms with E-state index in [1.165, 1.54) is 11.6 Å². The Morgan fingerprint density at radius 2 is 1.77 bits per heavy atom. The van der Waals surface area contributed by atoms with Crippen LogP contribution in [0.4, 0.5) is 13.2 Å². The van der Waals surface area contributed by atoms with E-state index in [9.17, 15) is 13.2 Å². The number of nitrogens with zero attached hydrogens (tertiary/aromatic N) is 1. The van der Waals surface area contributed by atoms with Gasteiger partial charge in [-0.2, -0.15) is 18.4 Å². The minimum absolute atomic E-state index is 0.300. The van der Waals surface area contributed by atoms with E-state index < -0.39 is 11.7 Å². The smallest absolute Gasteiger partial charge is 0.192 e. The van der Waals surface area contributed by atoms with Gasteiger partial charge in [0.2, 0.25) is 0 Å². The molecule has 0 spiro atoms. The second-order valence-corrected chi connectivity index (χ2v) is 5.36. The van der Waals surface area contributed by atoms with Crippen LogP contribution in [0.5, 0.6) is 0 Å². The molecule has 1 nitrogen and oxygen atoms in total. The van der Waals surface area contributed by atoms with Crippen molar-refractivity contribution in [1.82, 2.24) is 0 Å². The largest absolute Gasteiger partial charge is 0.417 e. The fourth-order valence-electron chi connectivity index (χ4n) is 2.83. The van der Waals surface area contributed by atoms with Crippen LogP contribution in [0.1, 0.15) is 68.7 Å². The van der Waals surface area contributed by atoms with E-state index in [1.807, 2.05) is 6.92 Å². The van der Waals surface area contributed by atoms with Crippen molar-refractivity contribution >= 4 is 5.57 Å². The third kappa shape index (κ3) is 3.91. The molecule has 0 heterocycles. The molecule has 22 heavy (non-hydrogen) atoms. The summed E-state index contributed by atoms with van der Waals surface area (Å²) in [5.41, 5.74) is 2.54. The Morgan fingerprint density at radius 1 is 1.14 bits per heavy atom. The standard InChI is InChI=1S/C18H22F3N/c1-5-8-13(6-2)15(7-3)16-10-14(11-22)17(9-12(16)4)18(19,20)21/h9-10H,5-8H2,1-4H3/b15-13+. The first-order valence-electron chi connectivity index (χ1n) is 7.63. The molecule has 0 aromatic heterocycles. The minimum atomic E-state index is -4.50. The third-order valence-electron chi connectivity index (χ3n) is 3.87. The average molecular weight is 309 g/mol. The lowest BCUT2D eigenvalue weighted by Crippen LogP contribution is -2.09. The maximum atomic E-state index is 13.0. The van der Waals surface area contributed by atoms with Gasteiger partial charge in [-0.05, 0) is 55.0 Å². The van der Waals surface area contributed by atoms with Crippen LogP contribution in [0.2, 0.25) is 0 Å². The summed E-state index contributed by atoms with van der Waals surface area (Å²) in [7, 11) is 0. The fraction of sp³-hybridized carbons (Fsp3) is 0.500. The fourth-order valence-corrected chi connectivity index (χ4v) is 2.83. The van der Waals surface area contributed by atoms with Crippen LogP contribution in [0, 0.1) is 18.3 Å². The molecular formula is C18H22F3N. The first kappa shape index (κ1) is 18.3. The van der Waals surface area contributed by atoms with Gasteiger partial charge in [-0.15, -0.1) is 0 Å². The van der Waals surface area contributed by atoms with Crippen molar-refractivity contribution < 1.29 is 13.2 Å². The van der Waals surface area contributed by atoms with Gasteiger partial charge in [-0.3, -0.25) is 0 Å². The number of aryl methyl sites for hydroxylation is 1. The van der Waals surface area contributed by atoms with E-state index in [0.717, 1.165) is 42.9 Å². The number of hydrogen-bond acceptors (Lipinski definition) is 1. The van der Waals surface area contributed by atoms with E-state index in [-0.39, 0.29) is 5.56 Å². The zero-order valence-corrected chi connectivity index (χ0v) is 13.6. The zero-order valence-electron chi connectivity index (χ0n) is 13.6. The molecule has 0 aliphatic rings. The lowest BCUT2D eigenvalue weighted by molar-refractivity contribution is -0.137. The minimum Gasteiger partial charge on any atom is -0.192 e. The molecule has 1 rings (SSSR count). The molecule has 120 valence electrons. The van der Waals surface area contributed by atoms with E-state index in [0.29, 0.717) is 5.56 Å². The van der Waals surface area contributed by atoms with E-state index in [1.54, 1.807) is 13.0 Å². The molecule has 0 aliphatic heterocycles. The lowest BCUT2D eigenvalue weighted by Gasteiger charge is -2.18. The van der Waals surface area contributed by atoms with Crippen molar-refractivity contribution in [2.75, 3.05) is 0 Å². The Kier molecular flexibility index (Phi) is 6.22. The van der Waals surface area contributed by atoms with Gasteiger partial charge < -0.3 is 0 Å². The molecule has 0 radical (unpaired) electrons. The third-order valence-corrected chi connectivity index (χ3v) is 3.87. The van der Waals surface area contributed by atoms with Gasteiger partial charge in [0.15, 0.2) is 0 Å². The Hall–Kier alpha value is -1.76. The van der Waals surface area contributed by atoms with Crippen molar-refractivity contribution in [1.29, 1.82) is 5.26 Å². The molecule has 0 unspecified atom stereocenters. The Balaban J connectivity index is 3.58. The van der Waals surface area contributed by atoms with E-state index >= 15 is 0 Å². The van der Waals surface area contributed by atoms with Crippen molar-refractivity contribution in [2.45, 2.75) is 59.6 Å². The van der Waals surface area contributed by atoms with Gasteiger partial charge in [0.1, 0.15) is 0 Å². The van der Waals surface area contributed by atoms with Crippen LogP contribution in [0.3, 0.4) is 0 Å². The molecule has 0 saturated carbocycles. The highest BCUT2D eigenvalue weighted by molar-refractivity contribution is 5.72. The van der Waals surface area contributed by atoms with Crippen LogP contribution < -0.4 is 0 Å². The monoisotopic (exact) mass is 309 g/mol. The van der Waals surface area contributed by atoms with Gasteiger partial charge >= 0.3 is 6.18 Å². The Morgan fingerprint density at radius 3 is 2.18 bits per heavy atom. The van der Waals surface area contributed by atoms with Gasteiger partial charge in [0, 0.05) is 0 Å². The van der Waals surface area contributed by atoms with Crippen molar-refractivity contribution in [3.8, 4) is 6.07 Å². The molecule has 1 aromatic rings. The maximum absolute atomic E-state index is 13.0. The number of rotatable bonds is 5. The second kappa shape index (κ2) is 7.49. The summed E-state index contributed by atoms with van der Waals surface area (Å²) in [5, 5.41) is 9.08. The Labute approximate surface area is 130 Å². The number of nitriles is 1. The summed E-state index contributed by atoms with van der Waals surface area (Å²) in [6.07, 6.45) is -0.944. The van der Waals surface area contributed by atoms with Crippen molar-refractivity contribution in [3.63, 3.8) is 0 Å². The highest BCUT2D eigenvalue weighted by Crippen LogP contribution is 2.36. The maximum Gasteiger partial charge on any atom is 0.417 e. The molecule has 0 fully saturated rings. The van der Waals surface area contributed by atoms with Crippen LogP contribution in [0.15, 0.2) is 17.7 Å². The number of benzene rings is 1. The molecule has 0 amide bonds. The predicted octanol–water partition coefficient (Wildman–Crippen LogP) is 6.26. The number of hydrogen-bond donors (Lipinski definition) is 0. The average Bonchev–Trinajstić information content (AvgIpc) is 2.47. The van der Waals surface area contributed by atoms with Crippen molar-refractivity contribution in [3.05, 3.63) is 40.0 Å². The van der Waals surface area contributed by atoms with Gasteiger partial charge in [0.05, 0.1) is 17.2 Å². The predicted molar refractivity (Wildman–Crippen MR) is 83.3 cm³/mol. The SMILES string of the molecule is CCC/C(CC)=C(\CC)c1cc(C#N)c(C(F)(F)F)cc1C. The topological polar surface area (TPSA) is 23.8 Å². The number of allylic oxidation sites excluding steroid dienone is 2. The molecule has 1 aromatic carbocycles. The molecule has 0 aliphatic carbocycles. The molecule has 0 atom stereocenters. The normalized spacial score (nSPS) is 12.8. The van der Waals surface area contributed by atoms with Crippen LogP contribution in [-0.4, -0.2) is 0 Å². The quantitative estimate of drug-likeness (QED) is 0.629. The number of halogens is 3. The van der Waals surface area contributed by atoms with Crippen molar-refractivity contribution in [2.24, 2.45) is 0 Å². The summed E-state index contributed by atoms with van der Waals surface area (Å²) in [6, 6.07) is 4.20. The lowest BCUT2D eigenvalue weighted by atomic mass is 9.88. The summed E-state index contributed by atoms with van der Waals surface area (Å²) in [5.74, 6) is 0. The van der Waals surface area contributed by atoms with Gasteiger partial charge in [-0.1, -0.05) is 32.8 Å². The summed E-state index contributed by atoms with van der Waals surface area (Å²) < 4.78 is 39.0. The number of alkyl halides is 3. The van der Waals surface area contributed by atoms with Gasteiger partial charge in [-0.25, -0.2) is 0 Å². The summed E-state index contributed by atoms with van der Waals surface area (Å²) in [6.45, 7) is 7.83. The van der Waals surface area contributed by atoms with Crippen LogP contribution >= 0.6 is 0 Å². The molecule has 0 N–H and O–H groups in total. The first-order chi connectivity index (χ1) is 10.3. The van der Waals surface area contributed by atoms with E-state index in [4.69, 9.17) is 5.26 Å².